The maximum atomic E-state index is 6.26. The molecule has 18 heavy (non-hydrogen) atoms. The van der Waals surface area contributed by atoms with Crippen molar-refractivity contribution in [2.45, 2.75) is 44.2 Å². The minimum absolute atomic E-state index is 0.392. The lowest BCUT2D eigenvalue weighted by molar-refractivity contribution is 0.306. The average Bonchev–Trinajstić information content (AvgIpc) is 3.27. The van der Waals surface area contributed by atoms with Crippen LogP contribution in [0.3, 0.4) is 0 Å². The van der Waals surface area contributed by atoms with Crippen LogP contribution in [-0.2, 0) is 6.54 Å². The monoisotopic (exact) mass is 246 g/mol. The van der Waals surface area contributed by atoms with Gasteiger partial charge in [0.25, 0.3) is 0 Å². The second-order valence-electron chi connectivity index (χ2n) is 6.45. The van der Waals surface area contributed by atoms with Crippen LogP contribution in [0.4, 0.5) is 0 Å². The number of nitrogens with one attached hydrogen (secondary N) is 1. The molecule has 2 saturated carbocycles. The summed E-state index contributed by atoms with van der Waals surface area (Å²) in [6.07, 6.45) is 5.45. The number of H-pyrrole nitrogens is 1. The molecule has 4 heteroatoms. The molecule has 2 aliphatic carbocycles. The molecule has 98 valence electrons. The van der Waals surface area contributed by atoms with E-state index in [0.717, 1.165) is 30.8 Å². The first kappa shape index (κ1) is 11.0. The topological polar surface area (TPSA) is 57.9 Å². The third-order valence-corrected chi connectivity index (χ3v) is 4.76. The zero-order valence-electron chi connectivity index (χ0n) is 10.8. The van der Waals surface area contributed by atoms with Gasteiger partial charge in [-0.15, -0.1) is 0 Å². The van der Waals surface area contributed by atoms with Crippen LogP contribution in [-0.4, -0.2) is 34.2 Å². The molecule has 0 bridgehead atoms. The van der Waals surface area contributed by atoms with E-state index in [1.807, 2.05) is 0 Å². The summed E-state index contributed by atoms with van der Waals surface area (Å²) in [5.41, 5.74) is 8.79. The summed E-state index contributed by atoms with van der Waals surface area (Å²) in [4.78, 5) is 2.50. The number of aromatic nitrogens is 2. The predicted octanol–water partition coefficient (Wildman–Crippen LogP) is 1.46. The van der Waals surface area contributed by atoms with E-state index >= 15 is 0 Å². The van der Waals surface area contributed by atoms with Gasteiger partial charge in [0.2, 0.25) is 0 Å². The molecular formula is C14H22N4. The SMILES string of the molecule is N[C@H]1CN(Cc2cc(C3CC3)n[nH]2)C[C@@H]1C1CC1. The Balaban J connectivity index is 1.38. The van der Waals surface area contributed by atoms with Crippen LogP contribution in [0.5, 0.6) is 0 Å². The van der Waals surface area contributed by atoms with Crippen molar-refractivity contribution in [1.29, 1.82) is 0 Å². The minimum Gasteiger partial charge on any atom is -0.326 e. The number of nitrogens with zero attached hydrogens (tertiary/aromatic N) is 2. The first-order chi connectivity index (χ1) is 8.79. The standard InChI is InChI=1S/C14H22N4/c15-13-8-18(7-12(13)9-1-2-9)6-11-5-14(17-16-11)10-3-4-10/h5,9-10,12-13H,1-4,6-8,15H2,(H,16,17)/t12-,13+/m1/s1. The van der Waals surface area contributed by atoms with E-state index in [4.69, 9.17) is 5.73 Å². The summed E-state index contributed by atoms with van der Waals surface area (Å²) in [5, 5.41) is 7.62. The Morgan fingerprint density at radius 3 is 2.83 bits per heavy atom. The van der Waals surface area contributed by atoms with Gasteiger partial charge in [-0.25, -0.2) is 0 Å². The van der Waals surface area contributed by atoms with E-state index < -0.39 is 0 Å². The fourth-order valence-electron chi connectivity index (χ4n) is 3.38. The van der Waals surface area contributed by atoms with Gasteiger partial charge in [0.15, 0.2) is 0 Å². The van der Waals surface area contributed by atoms with Crippen LogP contribution in [0, 0.1) is 11.8 Å². The number of hydrogen-bond acceptors (Lipinski definition) is 3. The van der Waals surface area contributed by atoms with Crippen molar-refractivity contribution in [2.24, 2.45) is 17.6 Å². The summed E-state index contributed by atoms with van der Waals surface area (Å²) in [6.45, 7) is 3.24. The molecule has 0 spiro atoms. The van der Waals surface area contributed by atoms with Crippen molar-refractivity contribution < 1.29 is 0 Å². The fourth-order valence-corrected chi connectivity index (χ4v) is 3.38. The van der Waals surface area contributed by atoms with Crippen molar-refractivity contribution in [3.05, 3.63) is 17.5 Å². The van der Waals surface area contributed by atoms with Crippen LogP contribution in [0.1, 0.15) is 43.0 Å². The molecule has 2 heterocycles. The van der Waals surface area contributed by atoms with Gasteiger partial charge >= 0.3 is 0 Å². The van der Waals surface area contributed by atoms with Crippen LogP contribution < -0.4 is 5.73 Å². The van der Waals surface area contributed by atoms with Crippen LogP contribution in [0.15, 0.2) is 6.07 Å². The zero-order chi connectivity index (χ0) is 12.1. The van der Waals surface area contributed by atoms with E-state index in [-0.39, 0.29) is 0 Å². The van der Waals surface area contributed by atoms with Gasteiger partial charge in [0.05, 0.1) is 5.69 Å². The van der Waals surface area contributed by atoms with Gasteiger partial charge < -0.3 is 5.73 Å². The molecule has 1 aromatic heterocycles. The molecular weight excluding hydrogens is 224 g/mol. The Hall–Kier alpha value is -0.870. The summed E-state index contributed by atoms with van der Waals surface area (Å²) in [5.74, 6) is 2.42. The molecule has 1 aliphatic heterocycles. The molecule has 3 fully saturated rings. The van der Waals surface area contributed by atoms with Gasteiger partial charge in [-0.2, -0.15) is 5.10 Å². The first-order valence-electron chi connectivity index (χ1n) is 7.31. The summed E-state index contributed by atoms with van der Waals surface area (Å²) in [7, 11) is 0. The van der Waals surface area contributed by atoms with E-state index in [2.05, 4.69) is 21.2 Å². The van der Waals surface area contributed by atoms with Gasteiger partial charge in [0, 0.05) is 37.3 Å². The Morgan fingerprint density at radius 1 is 1.28 bits per heavy atom. The Bertz CT molecular complexity index is 433. The lowest BCUT2D eigenvalue weighted by Crippen LogP contribution is -2.30. The lowest BCUT2D eigenvalue weighted by atomic mass is 9.99. The molecule has 0 aromatic carbocycles. The minimum atomic E-state index is 0.392. The Morgan fingerprint density at radius 2 is 2.11 bits per heavy atom. The third kappa shape index (κ3) is 2.08. The maximum absolute atomic E-state index is 6.26. The molecule has 2 atom stereocenters. The highest BCUT2D eigenvalue weighted by molar-refractivity contribution is 5.17. The van der Waals surface area contributed by atoms with Crippen molar-refractivity contribution in [2.75, 3.05) is 13.1 Å². The Labute approximate surface area is 108 Å². The second-order valence-corrected chi connectivity index (χ2v) is 6.45. The highest BCUT2D eigenvalue weighted by Crippen LogP contribution is 2.41. The normalized spacial score (nSPS) is 33.2. The Kier molecular flexibility index (Phi) is 2.49. The molecule has 1 saturated heterocycles. The summed E-state index contributed by atoms with van der Waals surface area (Å²) >= 11 is 0. The number of rotatable bonds is 4. The number of likely N-dealkylation sites (tertiary alicyclic amines) is 1. The molecule has 4 nitrogen and oxygen atoms in total. The molecule has 3 aliphatic rings. The molecule has 3 N–H and O–H groups in total. The highest BCUT2D eigenvalue weighted by atomic mass is 15.2. The largest absolute Gasteiger partial charge is 0.326 e. The molecule has 4 rings (SSSR count). The number of aromatic amines is 1. The van der Waals surface area contributed by atoms with E-state index in [9.17, 15) is 0 Å². The molecule has 1 aromatic rings. The van der Waals surface area contributed by atoms with Crippen LogP contribution >= 0.6 is 0 Å². The van der Waals surface area contributed by atoms with E-state index in [0.29, 0.717) is 6.04 Å². The van der Waals surface area contributed by atoms with Gasteiger partial charge in [0.1, 0.15) is 0 Å². The van der Waals surface area contributed by atoms with Crippen molar-refractivity contribution in [3.8, 4) is 0 Å². The highest BCUT2D eigenvalue weighted by Gasteiger charge is 2.40. The summed E-state index contributed by atoms with van der Waals surface area (Å²) < 4.78 is 0. The zero-order valence-corrected chi connectivity index (χ0v) is 10.8. The summed E-state index contributed by atoms with van der Waals surface area (Å²) in [6, 6.07) is 2.65. The lowest BCUT2D eigenvalue weighted by Gasteiger charge is -2.14. The predicted molar refractivity (Wildman–Crippen MR) is 70.0 cm³/mol. The maximum Gasteiger partial charge on any atom is 0.0656 e. The quantitative estimate of drug-likeness (QED) is 0.845. The van der Waals surface area contributed by atoms with Crippen molar-refractivity contribution in [3.63, 3.8) is 0 Å². The van der Waals surface area contributed by atoms with Gasteiger partial charge in [-0.05, 0) is 43.6 Å². The number of nitrogens with two attached hydrogens (primary N) is 1. The van der Waals surface area contributed by atoms with Crippen LogP contribution in [0.25, 0.3) is 0 Å². The molecule has 0 unspecified atom stereocenters. The van der Waals surface area contributed by atoms with E-state index in [1.54, 1.807) is 0 Å². The van der Waals surface area contributed by atoms with Crippen molar-refractivity contribution >= 4 is 0 Å². The average molecular weight is 246 g/mol. The number of hydrogen-bond donors (Lipinski definition) is 2. The third-order valence-electron chi connectivity index (χ3n) is 4.76. The van der Waals surface area contributed by atoms with Gasteiger partial charge in [-0.1, -0.05) is 0 Å². The second kappa shape index (κ2) is 4.07. The molecule has 0 amide bonds. The molecule has 0 radical (unpaired) electrons. The van der Waals surface area contributed by atoms with E-state index in [1.165, 1.54) is 43.6 Å². The van der Waals surface area contributed by atoms with Gasteiger partial charge in [-0.3, -0.25) is 10.00 Å². The van der Waals surface area contributed by atoms with Crippen LogP contribution in [0.2, 0.25) is 0 Å². The fraction of sp³-hybridized carbons (Fsp3) is 0.786. The first-order valence-corrected chi connectivity index (χ1v) is 7.31. The smallest absolute Gasteiger partial charge is 0.0656 e. The van der Waals surface area contributed by atoms with Crippen molar-refractivity contribution in [1.82, 2.24) is 15.1 Å².